The van der Waals surface area contributed by atoms with Crippen LogP contribution in [0.5, 0.6) is 0 Å². The number of rotatable bonds is 4. The van der Waals surface area contributed by atoms with Gasteiger partial charge in [-0.2, -0.15) is 0 Å². The number of carbonyl (C=O) groups excluding carboxylic acids is 3. The molecule has 5 nitrogen and oxygen atoms in total. The van der Waals surface area contributed by atoms with Gasteiger partial charge in [0.2, 0.25) is 5.78 Å². The molecule has 0 aliphatic heterocycles. The number of esters is 1. The first-order chi connectivity index (χ1) is 13.7. The highest BCUT2D eigenvalue weighted by Crippen LogP contribution is 2.67. The molecule has 1 N–H and O–H groups in total. The van der Waals surface area contributed by atoms with E-state index in [1.165, 1.54) is 5.57 Å². The lowest BCUT2D eigenvalue weighted by Gasteiger charge is -2.58. The van der Waals surface area contributed by atoms with Crippen LogP contribution in [0.4, 0.5) is 0 Å². The van der Waals surface area contributed by atoms with Crippen molar-refractivity contribution in [3.63, 3.8) is 0 Å². The van der Waals surface area contributed by atoms with E-state index in [9.17, 15) is 19.5 Å². The summed E-state index contributed by atoms with van der Waals surface area (Å²) < 4.78 is 5.26. The summed E-state index contributed by atoms with van der Waals surface area (Å²) in [5.41, 5.74) is -0.468. The number of ether oxygens (including phenoxy) is 1. The predicted molar refractivity (Wildman–Crippen MR) is 117 cm³/mol. The molecule has 0 radical (unpaired) electrons. The molecule has 0 aromatic carbocycles. The number of fused-ring (bicyclic) bond motifs is 5. The van der Waals surface area contributed by atoms with Gasteiger partial charge in [0.05, 0.1) is 4.43 Å². The number of ketones is 2. The number of aliphatic hydroxyl groups is 1. The molecule has 4 aliphatic rings. The molecule has 29 heavy (non-hydrogen) atoms. The maximum absolute atomic E-state index is 13.0. The van der Waals surface area contributed by atoms with Crippen LogP contribution in [0.2, 0.25) is 0 Å². The van der Waals surface area contributed by atoms with E-state index in [1.54, 1.807) is 0 Å². The van der Waals surface area contributed by atoms with Crippen LogP contribution in [0.1, 0.15) is 65.2 Å². The topological polar surface area (TPSA) is 80.7 Å². The Balaban J connectivity index is 1.57. The maximum atomic E-state index is 13.0. The number of alkyl halides is 1. The van der Waals surface area contributed by atoms with E-state index in [2.05, 4.69) is 13.8 Å². The quantitative estimate of drug-likeness (QED) is 0.351. The van der Waals surface area contributed by atoms with Crippen molar-refractivity contribution in [2.45, 2.75) is 70.8 Å². The van der Waals surface area contributed by atoms with Crippen molar-refractivity contribution < 1.29 is 24.2 Å². The van der Waals surface area contributed by atoms with Crippen LogP contribution < -0.4 is 0 Å². The Morgan fingerprint density at radius 3 is 2.59 bits per heavy atom. The van der Waals surface area contributed by atoms with Gasteiger partial charge < -0.3 is 9.84 Å². The first kappa shape index (κ1) is 21.5. The van der Waals surface area contributed by atoms with Gasteiger partial charge in [0.15, 0.2) is 12.4 Å². The van der Waals surface area contributed by atoms with Gasteiger partial charge in [-0.15, -0.1) is 0 Å². The normalized spacial score (nSPS) is 43.7. The Hall–Kier alpha value is -0.760. The summed E-state index contributed by atoms with van der Waals surface area (Å²) in [6.45, 7) is 4.08. The van der Waals surface area contributed by atoms with Crippen LogP contribution in [0.25, 0.3) is 0 Å². The van der Waals surface area contributed by atoms with Crippen LogP contribution in [0.3, 0.4) is 0 Å². The van der Waals surface area contributed by atoms with Gasteiger partial charge in [-0.3, -0.25) is 14.4 Å². The second-order valence-corrected chi connectivity index (χ2v) is 10.8. The minimum atomic E-state index is -1.41. The monoisotopic (exact) mass is 514 g/mol. The second kappa shape index (κ2) is 7.43. The van der Waals surface area contributed by atoms with Crippen LogP contribution in [-0.4, -0.2) is 39.3 Å². The van der Waals surface area contributed by atoms with Gasteiger partial charge in [-0.25, -0.2) is 0 Å². The fourth-order valence-corrected chi connectivity index (χ4v) is 7.56. The van der Waals surface area contributed by atoms with Gasteiger partial charge >= 0.3 is 5.97 Å². The van der Waals surface area contributed by atoms with Gasteiger partial charge in [0.1, 0.15) is 5.60 Å². The summed E-state index contributed by atoms with van der Waals surface area (Å²) in [6.07, 6.45) is 8.53. The summed E-state index contributed by atoms with van der Waals surface area (Å²) in [7, 11) is 0. The second-order valence-electron chi connectivity index (χ2n) is 10.0. The number of hydrogen-bond acceptors (Lipinski definition) is 5. The van der Waals surface area contributed by atoms with E-state index in [0.29, 0.717) is 30.6 Å². The Morgan fingerprint density at radius 1 is 1.14 bits per heavy atom. The molecule has 0 bridgehead atoms. The highest BCUT2D eigenvalue weighted by atomic mass is 127. The van der Waals surface area contributed by atoms with Crippen molar-refractivity contribution >= 4 is 40.1 Å². The highest BCUT2D eigenvalue weighted by Gasteiger charge is 2.66. The van der Waals surface area contributed by atoms with E-state index in [1.807, 2.05) is 28.7 Å². The van der Waals surface area contributed by atoms with Crippen LogP contribution in [0, 0.1) is 28.6 Å². The fraction of sp³-hybridized carbons (Fsp3) is 0.783. The predicted octanol–water partition coefficient (Wildman–Crippen LogP) is 3.80. The largest absolute Gasteiger partial charge is 0.457 e. The Kier molecular flexibility index (Phi) is 5.50. The van der Waals surface area contributed by atoms with Crippen LogP contribution >= 0.6 is 22.6 Å². The molecule has 3 fully saturated rings. The minimum absolute atomic E-state index is 0.0820. The summed E-state index contributed by atoms with van der Waals surface area (Å²) in [5.74, 6) is 0.790. The minimum Gasteiger partial charge on any atom is -0.457 e. The van der Waals surface area contributed by atoms with Crippen molar-refractivity contribution in [3.8, 4) is 0 Å². The average molecular weight is 514 g/mol. The first-order valence-electron chi connectivity index (χ1n) is 10.9. The van der Waals surface area contributed by atoms with Gasteiger partial charge in [0.25, 0.3) is 0 Å². The standard InChI is InChI=1S/C23H31IO5/c1-21-8-5-15(25)11-14(21)3-4-16-17(21)6-9-22(2)18(16)7-10-23(22,28)19(26)13-29-20(27)12-24/h11,16-18,28H,3-10,12-13H2,1-2H3/t16-,17+,18+,21+,22+,23+/m1/s1. The molecular formula is C23H31IO5. The number of Topliss-reactive ketones (excluding diaryl/α,β-unsaturated/α-hetero) is 1. The zero-order valence-corrected chi connectivity index (χ0v) is 19.5. The van der Waals surface area contributed by atoms with Crippen molar-refractivity contribution in [2.24, 2.45) is 28.6 Å². The Bertz CT molecular complexity index is 775. The Morgan fingerprint density at radius 2 is 1.86 bits per heavy atom. The molecule has 6 atom stereocenters. The summed E-state index contributed by atoms with van der Waals surface area (Å²) >= 11 is 1.91. The SMILES string of the molecule is C[C@]12CCC(=O)C=C1CC[C@@H]1[C@@H]2CC[C@@]2(C)[C@H]1CC[C@]2(O)C(=O)COC(=O)CI. The zero-order valence-electron chi connectivity index (χ0n) is 17.3. The van der Waals surface area contributed by atoms with Gasteiger partial charge in [-0.1, -0.05) is 42.0 Å². The van der Waals surface area contributed by atoms with Crippen molar-refractivity contribution in [3.05, 3.63) is 11.6 Å². The van der Waals surface area contributed by atoms with Crippen molar-refractivity contribution in [1.82, 2.24) is 0 Å². The molecule has 6 heteroatoms. The third-order valence-electron chi connectivity index (χ3n) is 9.05. The average Bonchev–Trinajstić information content (AvgIpc) is 2.98. The number of halogens is 1. The molecule has 0 heterocycles. The van der Waals surface area contributed by atoms with E-state index in [4.69, 9.17) is 4.74 Å². The summed E-state index contributed by atoms with van der Waals surface area (Å²) in [6, 6.07) is 0. The lowest BCUT2D eigenvalue weighted by atomic mass is 9.46. The molecule has 4 rings (SSSR count). The highest BCUT2D eigenvalue weighted by molar-refractivity contribution is 14.1. The molecule has 0 aromatic rings. The smallest absolute Gasteiger partial charge is 0.316 e. The lowest BCUT2D eigenvalue weighted by molar-refractivity contribution is -0.169. The number of carbonyl (C=O) groups is 3. The molecule has 0 unspecified atom stereocenters. The Labute approximate surface area is 186 Å². The lowest BCUT2D eigenvalue weighted by Crippen LogP contribution is -2.58. The van der Waals surface area contributed by atoms with E-state index < -0.39 is 17.0 Å². The molecule has 4 aliphatic carbocycles. The van der Waals surface area contributed by atoms with Crippen LogP contribution in [0.15, 0.2) is 11.6 Å². The van der Waals surface area contributed by atoms with Crippen LogP contribution in [-0.2, 0) is 19.1 Å². The summed E-state index contributed by atoms with van der Waals surface area (Å²) in [5, 5.41) is 11.5. The van der Waals surface area contributed by atoms with E-state index in [0.717, 1.165) is 38.5 Å². The number of hydrogen-bond donors (Lipinski definition) is 1. The molecule has 0 saturated heterocycles. The first-order valence-corrected chi connectivity index (χ1v) is 12.4. The van der Waals surface area contributed by atoms with Crippen molar-refractivity contribution in [1.29, 1.82) is 0 Å². The molecule has 0 spiro atoms. The third kappa shape index (κ3) is 3.15. The number of allylic oxidation sites excluding steroid dienone is 1. The molecular weight excluding hydrogens is 483 g/mol. The third-order valence-corrected chi connectivity index (χ3v) is 9.67. The van der Waals surface area contributed by atoms with E-state index >= 15 is 0 Å². The van der Waals surface area contributed by atoms with Crippen molar-refractivity contribution in [2.75, 3.05) is 11.0 Å². The fourth-order valence-electron chi connectivity index (χ4n) is 7.34. The summed E-state index contributed by atoms with van der Waals surface area (Å²) in [4.78, 5) is 36.4. The van der Waals surface area contributed by atoms with Gasteiger partial charge in [0, 0.05) is 11.8 Å². The van der Waals surface area contributed by atoms with Gasteiger partial charge in [-0.05, 0) is 74.2 Å². The molecule has 160 valence electrons. The maximum Gasteiger partial charge on any atom is 0.316 e. The molecule has 3 saturated carbocycles. The van der Waals surface area contributed by atoms with E-state index in [-0.39, 0.29) is 28.0 Å². The molecule has 0 amide bonds. The zero-order chi connectivity index (χ0) is 21.0. The molecule has 0 aromatic heterocycles.